The third-order valence-electron chi connectivity index (χ3n) is 2.44. The first-order valence-electron chi connectivity index (χ1n) is 5.05. The lowest BCUT2D eigenvalue weighted by Crippen LogP contribution is -2.24. The number of hydrogen-bond acceptors (Lipinski definition) is 5. The molecule has 78 valence electrons. The average Bonchev–Trinajstić information content (AvgIpc) is 2.77. The highest BCUT2D eigenvalue weighted by molar-refractivity contribution is 4.82. The molecule has 0 amide bonds. The number of aryl methyl sites for hydroxylation is 1. The monoisotopic (exact) mass is 196 g/mol. The molecule has 0 bridgehead atoms. The summed E-state index contributed by atoms with van der Waals surface area (Å²) in [6.07, 6.45) is 1.26. The number of rotatable bonds is 4. The maximum absolute atomic E-state index is 4.99. The fourth-order valence-corrected chi connectivity index (χ4v) is 1.68. The van der Waals surface area contributed by atoms with Crippen LogP contribution in [0.4, 0.5) is 0 Å². The molecule has 1 atom stereocenters. The smallest absolute Gasteiger partial charge is 0.240 e. The summed E-state index contributed by atoms with van der Waals surface area (Å²) in [5.74, 6) is 2.12. The third-order valence-corrected chi connectivity index (χ3v) is 2.44. The minimum atomic E-state index is 0.674. The Morgan fingerprint density at radius 2 is 2.57 bits per heavy atom. The van der Waals surface area contributed by atoms with Crippen LogP contribution in [0.3, 0.4) is 0 Å². The van der Waals surface area contributed by atoms with Crippen molar-refractivity contribution in [3.05, 3.63) is 11.7 Å². The lowest BCUT2D eigenvalue weighted by atomic mass is 10.1. The van der Waals surface area contributed by atoms with Crippen LogP contribution in [0.25, 0.3) is 0 Å². The Morgan fingerprint density at radius 3 is 3.21 bits per heavy atom. The maximum atomic E-state index is 4.99. The number of nitrogens with one attached hydrogen (secondary N) is 2. The van der Waals surface area contributed by atoms with Crippen molar-refractivity contribution in [2.45, 2.75) is 19.9 Å². The van der Waals surface area contributed by atoms with Gasteiger partial charge in [-0.15, -0.1) is 0 Å². The summed E-state index contributed by atoms with van der Waals surface area (Å²) >= 11 is 0. The minimum Gasteiger partial charge on any atom is -0.338 e. The van der Waals surface area contributed by atoms with E-state index in [1.807, 2.05) is 6.92 Å². The van der Waals surface area contributed by atoms with Crippen molar-refractivity contribution >= 4 is 0 Å². The predicted octanol–water partition coefficient (Wildman–Crippen LogP) is 0.0771. The SMILES string of the molecule is Cc1noc(CNCC2CCNC2)n1. The van der Waals surface area contributed by atoms with Gasteiger partial charge in [-0.05, 0) is 38.9 Å². The van der Waals surface area contributed by atoms with E-state index in [4.69, 9.17) is 4.52 Å². The molecule has 1 aromatic rings. The molecule has 0 aliphatic carbocycles. The summed E-state index contributed by atoms with van der Waals surface area (Å²) in [5.41, 5.74) is 0. The highest BCUT2D eigenvalue weighted by Crippen LogP contribution is 2.05. The van der Waals surface area contributed by atoms with Crippen LogP contribution in [-0.2, 0) is 6.54 Å². The van der Waals surface area contributed by atoms with Crippen molar-refractivity contribution in [3.63, 3.8) is 0 Å². The number of nitrogens with zero attached hydrogens (tertiary/aromatic N) is 2. The molecule has 1 saturated heterocycles. The minimum absolute atomic E-state index is 0.674. The second-order valence-electron chi connectivity index (χ2n) is 3.73. The van der Waals surface area contributed by atoms with E-state index in [0.717, 1.165) is 25.6 Å². The maximum Gasteiger partial charge on any atom is 0.240 e. The molecule has 1 aliphatic heterocycles. The van der Waals surface area contributed by atoms with Crippen molar-refractivity contribution in [1.82, 2.24) is 20.8 Å². The first kappa shape index (κ1) is 9.61. The molecular weight excluding hydrogens is 180 g/mol. The van der Waals surface area contributed by atoms with Crippen molar-refractivity contribution in [2.75, 3.05) is 19.6 Å². The molecule has 2 rings (SSSR count). The molecule has 0 spiro atoms. The van der Waals surface area contributed by atoms with E-state index >= 15 is 0 Å². The molecule has 5 heteroatoms. The Balaban J connectivity index is 1.67. The van der Waals surface area contributed by atoms with Crippen molar-refractivity contribution in [2.24, 2.45) is 5.92 Å². The van der Waals surface area contributed by atoms with Crippen LogP contribution >= 0.6 is 0 Å². The van der Waals surface area contributed by atoms with Gasteiger partial charge in [-0.2, -0.15) is 4.98 Å². The van der Waals surface area contributed by atoms with Crippen LogP contribution < -0.4 is 10.6 Å². The Hall–Kier alpha value is -0.940. The normalized spacial score (nSPS) is 21.6. The Morgan fingerprint density at radius 1 is 1.64 bits per heavy atom. The van der Waals surface area contributed by atoms with Gasteiger partial charge in [0.2, 0.25) is 5.89 Å². The van der Waals surface area contributed by atoms with Crippen LogP contribution in [0.5, 0.6) is 0 Å². The largest absolute Gasteiger partial charge is 0.338 e. The fourth-order valence-electron chi connectivity index (χ4n) is 1.68. The molecule has 1 aliphatic rings. The molecule has 1 unspecified atom stereocenters. The Kier molecular flexibility index (Phi) is 3.10. The molecule has 14 heavy (non-hydrogen) atoms. The number of hydrogen-bond donors (Lipinski definition) is 2. The van der Waals surface area contributed by atoms with Gasteiger partial charge in [0.15, 0.2) is 5.82 Å². The molecule has 5 nitrogen and oxygen atoms in total. The summed E-state index contributed by atoms with van der Waals surface area (Å²) in [7, 11) is 0. The van der Waals surface area contributed by atoms with Crippen LogP contribution in [0.2, 0.25) is 0 Å². The van der Waals surface area contributed by atoms with Gasteiger partial charge >= 0.3 is 0 Å². The second kappa shape index (κ2) is 4.52. The molecule has 2 N–H and O–H groups in total. The van der Waals surface area contributed by atoms with Gasteiger partial charge in [0.25, 0.3) is 0 Å². The molecule has 0 aromatic carbocycles. The van der Waals surface area contributed by atoms with Crippen LogP contribution in [-0.4, -0.2) is 29.8 Å². The molecule has 1 aromatic heterocycles. The van der Waals surface area contributed by atoms with Crippen LogP contribution in [0, 0.1) is 12.8 Å². The van der Waals surface area contributed by atoms with Crippen LogP contribution in [0.1, 0.15) is 18.1 Å². The quantitative estimate of drug-likeness (QED) is 0.714. The zero-order valence-electron chi connectivity index (χ0n) is 8.42. The lowest BCUT2D eigenvalue weighted by Gasteiger charge is -2.07. The first-order chi connectivity index (χ1) is 6.84. The van der Waals surface area contributed by atoms with E-state index in [2.05, 4.69) is 20.8 Å². The standard InChI is InChI=1S/C9H16N4O/c1-7-12-9(14-13-7)6-11-5-8-2-3-10-4-8/h8,10-11H,2-6H2,1H3. The van der Waals surface area contributed by atoms with Gasteiger partial charge in [0.05, 0.1) is 6.54 Å². The summed E-state index contributed by atoms with van der Waals surface area (Å²) in [6, 6.07) is 0. The molecule has 2 heterocycles. The topological polar surface area (TPSA) is 63.0 Å². The van der Waals surface area contributed by atoms with Gasteiger partial charge in [-0.25, -0.2) is 0 Å². The van der Waals surface area contributed by atoms with E-state index in [-0.39, 0.29) is 0 Å². The van der Waals surface area contributed by atoms with Gasteiger partial charge in [0, 0.05) is 0 Å². The van der Waals surface area contributed by atoms with Crippen molar-refractivity contribution in [3.8, 4) is 0 Å². The first-order valence-corrected chi connectivity index (χ1v) is 5.05. The highest BCUT2D eigenvalue weighted by Gasteiger charge is 2.13. The Bertz CT molecular complexity index is 280. The zero-order valence-corrected chi connectivity index (χ0v) is 8.42. The van der Waals surface area contributed by atoms with Gasteiger partial charge < -0.3 is 15.2 Å². The lowest BCUT2D eigenvalue weighted by molar-refractivity contribution is 0.359. The molecule has 1 fully saturated rings. The summed E-state index contributed by atoms with van der Waals surface area (Å²) in [6.45, 7) is 5.79. The van der Waals surface area contributed by atoms with E-state index < -0.39 is 0 Å². The highest BCUT2D eigenvalue weighted by atomic mass is 16.5. The zero-order chi connectivity index (χ0) is 9.80. The van der Waals surface area contributed by atoms with E-state index in [1.54, 1.807) is 0 Å². The fraction of sp³-hybridized carbons (Fsp3) is 0.778. The van der Waals surface area contributed by atoms with Gasteiger partial charge in [0.1, 0.15) is 0 Å². The average molecular weight is 196 g/mol. The second-order valence-corrected chi connectivity index (χ2v) is 3.73. The van der Waals surface area contributed by atoms with Gasteiger partial charge in [-0.3, -0.25) is 0 Å². The summed E-state index contributed by atoms with van der Waals surface area (Å²) in [4.78, 5) is 4.12. The Labute approximate surface area is 83.3 Å². The van der Waals surface area contributed by atoms with Gasteiger partial charge in [-0.1, -0.05) is 5.16 Å². The predicted molar refractivity (Wildman–Crippen MR) is 51.7 cm³/mol. The van der Waals surface area contributed by atoms with E-state index in [9.17, 15) is 0 Å². The summed E-state index contributed by atoms with van der Waals surface area (Å²) in [5, 5.41) is 10.4. The summed E-state index contributed by atoms with van der Waals surface area (Å²) < 4.78 is 4.99. The van der Waals surface area contributed by atoms with Crippen LogP contribution in [0.15, 0.2) is 4.52 Å². The molecule has 0 saturated carbocycles. The van der Waals surface area contributed by atoms with Crippen molar-refractivity contribution in [1.29, 1.82) is 0 Å². The number of aromatic nitrogens is 2. The molecular formula is C9H16N4O. The molecule has 0 radical (unpaired) electrons. The van der Waals surface area contributed by atoms with E-state index in [0.29, 0.717) is 18.3 Å². The third kappa shape index (κ3) is 2.52. The van der Waals surface area contributed by atoms with Crippen molar-refractivity contribution < 1.29 is 4.52 Å². The van der Waals surface area contributed by atoms with E-state index in [1.165, 1.54) is 6.42 Å².